The zero-order chi connectivity index (χ0) is 15.4. The summed E-state index contributed by atoms with van der Waals surface area (Å²) in [5, 5.41) is 8.83. The minimum Gasteiger partial charge on any atom is -0.486 e. The average molecular weight is 295 g/mol. The van der Waals surface area contributed by atoms with Crippen molar-refractivity contribution in [3.8, 4) is 23.3 Å². The lowest BCUT2D eigenvalue weighted by Gasteiger charge is -2.18. The molecule has 0 saturated carbocycles. The van der Waals surface area contributed by atoms with Crippen molar-refractivity contribution >= 4 is 5.78 Å². The Morgan fingerprint density at radius 1 is 1.14 bits per heavy atom. The number of ether oxygens (including phenoxy) is 3. The fourth-order valence-corrected chi connectivity index (χ4v) is 2.10. The van der Waals surface area contributed by atoms with E-state index in [1.165, 1.54) is 0 Å². The number of fused-ring (bicyclic) bond motifs is 1. The van der Waals surface area contributed by atoms with E-state index >= 15 is 0 Å². The number of Topliss-reactive ketones (excluding diaryl/α,β-unsaturated/α-hetero) is 1. The SMILES string of the molecule is N#Cc1cccc(OCC(=O)c2ccc3c(c2)OCCO3)c1. The first-order valence-electron chi connectivity index (χ1n) is 6.82. The molecule has 0 N–H and O–H groups in total. The lowest BCUT2D eigenvalue weighted by atomic mass is 10.1. The van der Waals surface area contributed by atoms with Gasteiger partial charge in [-0.1, -0.05) is 6.07 Å². The second-order valence-corrected chi connectivity index (χ2v) is 4.71. The smallest absolute Gasteiger partial charge is 0.200 e. The van der Waals surface area contributed by atoms with Crippen molar-refractivity contribution in [2.24, 2.45) is 0 Å². The molecule has 0 radical (unpaired) electrons. The minimum absolute atomic E-state index is 0.103. The molecule has 2 aromatic carbocycles. The van der Waals surface area contributed by atoms with Gasteiger partial charge in [-0.3, -0.25) is 4.79 Å². The Labute approximate surface area is 127 Å². The van der Waals surface area contributed by atoms with Gasteiger partial charge >= 0.3 is 0 Å². The molecule has 0 aromatic heterocycles. The monoisotopic (exact) mass is 295 g/mol. The summed E-state index contributed by atoms with van der Waals surface area (Å²) in [6.45, 7) is 0.884. The summed E-state index contributed by atoms with van der Waals surface area (Å²) < 4.78 is 16.3. The topological polar surface area (TPSA) is 68.5 Å². The summed E-state index contributed by atoms with van der Waals surface area (Å²) in [6.07, 6.45) is 0. The van der Waals surface area contributed by atoms with Crippen LogP contribution in [0.25, 0.3) is 0 Å². The molecule has 0 unspecified atom stereocenters. The molecule has 22 heavy (non-hydrogen) atoms. The van der Waals surface area contributed by atoms with Crippen LogP contribution < -0.4 is 14.2 Å². The van der Waals surface area contributed by atoms with Gasteiger partial charge in [-0.25, -0.2) is 0 Å². The van der Waals surface area contributed by atoms with Crippen LogP contribution in [0.4, 0.5) is 0 Å². The summed E-state index contributed by atoms with van der Waals surface area (Å²) in [6, 6.07) is 13.8. The summed E-state index contributed by atoms with van der Waals surface area (Å²) in [4.78, 5) is 12.2. The Morgan fingerprint density at radius 2 is 1.95 bits per heavy atom. The Balaban J connectivity index is 1.68. The number of ketones is 1. The molecule has 0 aliphatic carbocycles. The number of benzene rings is 2. The lowest BCUT2D eigenvalue weighted by molar-refractivity contribution is 0.0920. The van der Waals surface area contributed by atoms with E-state index in [-0.39, 0.29) is 12.4 Å². The molecule has 1 heterocycles. The highest BCUT2D eigenvalue weighted by Gasteiger charge is 2.15. The van der Waals surface area contributed by atoms with E-state index in [1.54, 1.807) is 42.5 Å². The van der Waals surface area contributed by atoms with Gasteiger partial charge in [-0.2, -0.15) is 5.26 Å². The highest BCUT2D eigenvalue weighted by Crippen LogP contribution is 2.30. The second kappa shape index (κ2) is 6.19. The van der Waals surface area contributed by atoms with Gasteiger partial charge in [0.05, 0.1) is 11.6 Å². The van der Waals surface area contributed by atoms with Crippen molar-refractivity contribution < 1.29 is 19.0 Å². The standard InChI is InChI=1S/C17H13NO4/c18-10-12-2-1-3-14(8-12)22-11-15(19)13-4-5-16-17(9-13)21-7-6-20-16/h1-5,8-9H,6-7,11H2. The van der Waals surface area contributed by atoms with Gasteiger partial charge in [-0.05, 0) is 36.4 Å². The fraction of sp³-hybridized carbons (Fsp3) is 0.176. The number of hydrogen-bond donors (Lipinski definition) is 0. The highest BCUT2D eigenvalue weighted by atomic mass is 16.6. The van der Waals surface area contributed by atoms with E-state index in [0.717, 1.165) is 0 Å². The molecule has 0 saturated heterocycles. The molecule has 5 heteroatoms. The summed E-state index contributed by atoms with van der Waals surface area (Å²) >= 11 is 0. The third-order valence-corrected chi connectivity index (χ3v) is 3.20. The largest absolute Gasteiger partial charge is 0.486 e. The number of hydrogen-bond acceptors (Lipinski definition) is 5. The van der Waals surface area contributed by atoms with Crippen LogP contribution in [0.2, 0.25) is 0 Å². The number of carbonyl (C=O) groups is 1. The molecule has 0 atom stereocenters. The number of nitrogens with zero attached hydrogens (tertiary/aromatic N) is 1. The van der Waals surface area contributed by atoms with Gasteiger partial charge in [0.2, 0.25) is 0 Å². The van der Waals surface area contributed by atoms with Gasteiger partial charge < -0.3 is 14.2 Å². The maximum atomic E-state index is 12.2. The maximum Gasteiger partial charge on any atom is 0.200 e. The molecule has 1 aliphatic rings. The van der Waals surface area contributed by atoms with Crippen LogP contribution in [0, 0.1) is 11.3 Å². The zero-order valence-corrected chi connectivity index (χ0v) is 11.7. The molecular weight excluding hydrogens is 282 g/mol. The Kier molecular flexibility index (Phi) is 3.92. The van der Waals surface area contributed by atoms with Gasteiger partial charge in [0, 0.05) is 5.56 Å². The lowest BCUT2D eigenvalue weighted by Crippen LogP contribution is -2.17. The Bertz CT molecular complexity index is 749. The molecule has 2 aromatic rings. The molecule has 110 valence electrons. The van der Waals surface area contributed by atoms with Crippen molar-refractivity contribution in [3.63, 3.8) is 0 Å². The van der Waals surface area contributed by atoms with Crippen molar-refractivity contribution in [1.29, 1.82) is 5.26 Å². The van der Waals surface area contributed by atoms with Gasteiger partial charge in [0.15, 0.2) is 23.9 Å². The normalized spacial score (nSPS) is 12.3. The van der Waals surface area contributed by atoms with Crippen LogP contribution >= 0.6 is 0 Å². The minimum atomic E-state index is -0.167. The van der Waals surface area contributed by atoms with E-state index in [4.69, 9.17) is 19.5 Å². The van der Waals surface area contributed by atoms with E-state index in [9.17, 15) is 4.79 Å². The quantitative estimate of drug-likeness (QED) is 0.811. The van der Waals surface area contributed by atoms with Crippen LogP contribution in [0.3, 0.4) is 0 Å². The summed E-state index contributed by atoms with van der Waals surface area (Å²) in [7, 11) is 0. The summed E-state index contributed by atoms with van der Waals surface area (Å²) in [5.41, 5.74) is 0.991. The van der Waals surface area contributed by atoms with E-state index < -0.39 is 0 Å². The predicted octanol–water partition coefficient (Wildman–Crippen LogP) is 2.59. The van der Waals surface area contributed by atoms with Crippen LogP contribution in [-0.2, 0) is 0 Å². The first-order chi connectivity index (χ1) is 10.8. The number of carbonyl (C=O) groups excluding carboxylic acids is 1. The predicted molar refractivity (Wildman–Crippen MR) is 78.4 cm³/mol. The fourth-order valence-electron chi connectivity index (χ4n) is 2.10. The molecular formula is C17H13NO4. The second-order valence-electron chi connectivity index (χ2n) is 4.71. The van der Waals surface area contributed by atoms with Crippen molar-refractivity contribution in [3.05, 3.63) is 53.6 Å². The van der Waals surface area contributed by atoms with Crippen LogP contribution in [0.15, 0.2) is 42.5 Å². The average Bonchev–Trinajstić information content (AvgIpc) is 2.59. The van der Waals surface area contributed by atoms with Crippen LogP contribution in [-0.4, -0.2) is 25.6 Å². The molecule has 1 aliphatic heterocycles. The number of rotatable bonds is 4. The first-order valence-corrected chi connectivity index (χ1v) is 6.82. The highest BCUT2D eigenvalue weighted by molar-refractivity contribution is 5.97. The first kappa shape index (κ1) is 14.0. The van der Waals surface area contributed by atoms with Gasteiger partial charge in [0.25, 0.3) is 0 Å². The molecule has 3 rings (SSSR count). The number of nitriles is 1. The molecule has 5 nitrogen and oxygen atoms in total. The van der Waals surface area contributed by atoms with Crippen molar-refractivity contribution in [2.45, 2.75) is 0 Å². The maximum absolute atomic E-state index is 12.2. The molecule has 0 bridgehead atoms. The molecule has 0 fully saturated rings. The Hall–Kier alpha value is -3.00. The van der Waals surface area contributed by atoms with E-state index in [1.807, 2.05) is 6.07 Å². The van der Waals surface area contributed by atoms with Gasteiger partial charge in [-0.15, -0.1) is 0 Å². The van der Waals surface area contributed by atoms with Crippen LogP contribution in [0.1, 0.15) is 15.9 Å². The van der Waals surface area contributed by atoms with E-state index in [2.05, 4.69) is 0 Å². The third-order valence-electron chi connectivity index (χ3n) is 3.20. The van der Waals surface area contributed by atoms with E-state index in [0.29, 0.717) is 41.6 Å². The molecule has 0 amide bonds. The zero-order valence-electron chi connectivity index (χ0n) is 11.7. The van der Waals surface area contributed by atoms with Gasteiger partial charge in [0.1, 0.15) is 19.0 Å². The molecule has 0 spiro atoms. The Morgan fingerprint density at radius 3 is 2.77 bits per heavy atom. The third kappa shape index (κ3) is 3.01. The summed E-state index contributed by atoms with van der Waals surface area (Å²) in [5.74, 6) is 1.54. The van der Waals surface area contributed by atoms with Crippen molar-refractivity contribution in [1.82, 2.24) is 0 Å². The van der Waals surface area contributed by atoms with Crippen molar-refractivity contribution in [2.75, 3.05) is 19.8 Å². The van der Waals surface area contributed by atoms with Crippen LogP contribution in [0.5, 0.6) is 17.2 Å².